The van der Waals surface area contributed by atoms with Gasteiger partial charge in [-0.3, -0.25) is 0 Å². The van der Waals surface area contributed by atoms with Crippen molar-refractivity contribution in [3.8, 4) is 0 Å². The van der Waals surface area contributed by atoms with Gasteiger partial charge in [0.1, 0.15) is 5.15 Å². The molecule has 0 spiro atoms. The van der Waals surface area contributed by atoms with Crippen molar-refractivity contribution in [2.45, 2.75) is 5.03 Å². The smallest absolute Gasteiger partial charge is 0.263 e. The average molecular weight is 250 g/mol. The van der Waals surface area contributed by atoms with Crippen LogP contribution in [0.2, 0.25) is 5.15 Å². The molecule has 5 nitrogen and oxygen atoms in total. The lowest BCUT2D eigenvalue weighted by Crippen LogP contribution is -2.27. The summed E-state index contributed by atoms with van der Waals surface area (Å²) >= 11 is 5.81. The molecule has 15 heavy (non-hydrogen) atoms. The number of aromatic nitrogens is 2. The number of imidazole rings is 1. The molecule has 0 amide bonds. The first-order chi connectivity index (χ1) is 6.91. The molecular weight excluding hydrogens is 238 g/mol. The second kappa shape index (κ2) is 4.34. The lowest BCUT2D eigenvalue weighted by Gasteiger charge is -2.13. The van der Waals surface area contributed by atoms with Gasteiger partial charge in [0.2, 0.25) is 5.03 Å². The van der Waals surface area contributed by atoms with E-state index in [2.05, 4.69) is 11.6 Å². The molecule has 0 radical (unpaired) electrons. The molecule has 84 valence electrons. The van der Waals surface area contributed by atoms with E-state index in [0.717, 1.165) is 4.31 Å². The van der Waals surface area contributed by atoms with Crippen molar-refractivity contribution in [1.82, 2.24) is 13.9 Å². The van der Waals surface area contributed by atoms with Gasteiger partial charge >= 0.3 is 0 Å². The van der Waals surface area contributed by atoms with Crippen LogP contribution in [0.3, 0.4) is 0 Å². The highest BCUT2D eigenvalue weighted by Crippen LogP contribution is 2.21. The van der Waals surface area contributed by atoms with E-state index in [4.69, 9.17) is 11.6 Å². The minimum Gasteiger partial charge on any atom is -0.324 e. The molecule has 0 aliphatic rings. The van der Waals surface area contributed by atoms with Crippen LogP contribution in [0.15, 0.2) is 24.0 Å². The first-order valence-corrected chi connectivity index (χ1v) is 5.97. The Kier molecular flexibility index (Phi) is 3.54. The van der Waals surface area contributed by atoms with Gasteiger partial charge in [-0.15, -0.1) is 6.58 Å². The van der Waals surface area contributed by atoms with Crippen molar-refractivity contribution in [1.29, 1.82) is 0 Å². The molecule has 0 bridgehead atoms. The third-order valence-corrected chi connectivity index (χ3v) is 4.19. The highest BCUT2D eigenvalue weighted by Gasteiger charge is 2.26. The van der Waals surface area contributed by atoms with Crippen molar-refractivity contribution in [3.05, 3.63) is 24.1 Å². The Labute approximate surface area is 94.0 Å². The first kappa shape index (κ1) is 12.2. The largest absolute Gasteiger partial charge is 0.324 e. The fourth-order valence-corrected chi connectivity index (χ4v) is 2.51. The summed E-state index contributed by atoms with van der Waals surface area (Å²) in [6.07, 6.45) is 2.85. The predicted molar refractivity (Wildman–Crippen MR) is 58.2 cm³/mol. The molecule has 0 N–H and O–H groups in total. The minimum atomic E-state index is -3.61. The molecule has 0 aliphatic carbocycles. The molecule has 0 aliphatic heterocycles. The number of likely N-dealkylation sites (N-methyl/N-ethyl adjacent to an activating group) is 1. The van der Waals surface area contributed by atoms with Crippen LogP contribution in [0, 0.1) is 0 Å². The van der Waals surface area contributed by atoms with E-state index in [0.29, 0.717) is 0 Å². The minimum absolute atomic E-state index is 0.103. The van der Waals surface area contributed by atoms with Crippen molar-refractivity contribution >= 4 is 21.6 Å². The molecule has 0 unspecified atom stereocenters. The van der Waals surface area contributed by atoms with Crippen LogP contribution in [0.25, 0.3) is 0 Å². The van der Waals surface area contributed by atoms with E-state index in [1.807, 2.05) is 0 Å². The quantitative estimate of drug-likeness (QED) is 0.745. The summed E-state index contributed by atoms with van der Waals surface area (Å²) in [6.45, 7) is 3.69. The summed E-state index contributed by atoms with van der Waals surface area (Å²) in [4.78, 5) is 3.76. The summed E-state index contributed by atoms with van der Waals surface area (Å²) in [7, 11) is -0.539. The van der Waals surface area contributed by atoms with Crippen LogP contribution in [0.1, 0.15) is 0 Å². The molecule has 1 aromatic heterocycles. The van der Waals surface area contributed by atoms with E-state index in [9.17, 15) is 8.42 Å². The van der Waals surface area contributed by atoms with Gasteiger partial charge in [-0.2, -0.15) is 4.31 Å². The second-order valence-electron chi connectivity index (χ2n) is 3.03. The fourth-order valence-electron chi connectivity index (χ4n) is 0.994. The molecule has 1 aromatic rings. The number of halogens is 1. The van der Waals surface area contributed by atoms with E-state index in [-0.39, 0.29) is 16.7 Å². The maximum atomic E-state index is 11.9. The molecule has 1 heterocycles. The SMILES string of the molecule is C=CCN(C)S(=O)(=O)c1ncn(C)c1Cl. The zero-order valence-electron chi connectivity index (χ0n) is 8.51. The van der Waals surface area contributed by atoms with E-state index in [1.54, 1.807) is 7.05 Å². The van der Waals surface area contributed by atoms with Crippen molar-refractivity contribution < 1.29 is 8.42 Å². The van der Waals surface area contributed by atoms with Crippen molar-refractivity contribution in [2.75, 3.05) is 13.6 Å². The first-order valence-electron chi connectivity index (χ1n) is 4.15. The van der Waals surface area contributed by atoms with Gasteiger partial charge in [0.25, 0.3) is 10.0 Å². The predicted octanol–water partition coefficient (Wildman–Crippen LogP) is 0.880. The van der Waals surface area contributed by atoms with Gasteiger partial charge in [0.15, 0.2) is 0 Å². The van der Waals surface area contributed by atoms with E-state index < -0.39 is 10.0 Å². The summed E-state index contributed by atoms with van der Waals surface area (Å²) in [5.41, 5.74) is 0. The maximum Gasteiger partial charge on any atom is 0.263 e. The monoisotopic (exact) mass is 249 g/mol. The number of hydrogen-bond donors (Lipinski definition) is 0. The topological polar surface area (TPSA) is 55.2 Å². The molecule has 0 fully saturated rings. The van der Waals surface area contributed by atoms with Gasteiger partial charge in [0, 0.05) is 20.6 Å². The molecule has 1 rings (SSSR count). The van der Waals surface area contributed by atoms with Crippen molar-refractivity contribution in [3.63, 3.8) is 0 Å². The number of rotatable bonds is 4. The van der Waals surface area contributed by atoms with Crippen LogP contribution < -0.4 is 0 Å². The van der Waals surface area contributed by atoms with E-state index >= 15 is 0 Å². The normalized spacial score (nSPS) is 12.0. The van der Waals surface area contributed by atoms with Crippen LogP contribution >= 0.6 is 11.6 Å². The van der Waals surface area contributed by atoms with Gasteiger partial charge in [-0.05, 0) is 0 Å². The highest BCUT2D eigenvalue weighted by molar-refractivity contribution is 7.89. The summed E-state index contributed by atoms with van der Waals surface area (Å²) in [6, 6.07) is 0. The molecule has 0 atom stereocenters. The number of aryl methyl sites for hydroxylation is 1. The zero-order chi connectivity index (χ0) is 11.6. The zero-order valence-corrected chi connectivity index (χ0v) is 10.1. The maximum absolute atomic E-state index is 11.9. The van der Waals surface area contributed by atoms with Crippen LogP contribution in [-0.4, -0.2) is 35.9 Å². The van der Waals surface area contributed by atoms with Gasteiger partial charge < -0.3 is 4.57 Å². The van der Waals surface area contributed by atoms with Crippen LogP contribution in [-0.2, 0) is 17.1 Å². The number of nitrogens with zero attached hydrogens (tertiary/aromatic N) is 3. The lowest BCUT2D eigenvalue weighted by molar-refractivity contribution is 0.496. The third kappa shape index (κ3) is 2.22. The number of hydrogen-bond acceptors (Lipinski definition) is 3. The molecule has 0 aromatic carbocycles. The van der Waals surface area contributed by atoms with Crippen LogP contribution in [0.5, 0.6) is 0 Å². The fraction of sp³-hybridized carbons (Fsp3) is 0.375. The average Bonchev–Trinajstić information content (AvgIpc) is 2.48. The van der Waals surface area contributed by atoms with Gasteiger partial charge in [-0.25, -0.2) is 13.4 Å². The summed E-state index contributed by atoms with van der Waals surface area (Å²) < 4.78 is 26.3. The Hall–Kier alpha value is -0.850. The summed E-state index contributed by atoms with van der Waals surface area (Å²) in [5.74, 6) is 0. The Morgan fingerprint density at radius 1 is 1.73 bits per heavy atom. The molecule has 7 heteroatoms. The lowest BCUT2D eigenvalue weighted by atomic mass is 10.6. The standard InChI is InChI=1S/C8H12ClN3O2S/c1-4-5-12(3)15(13,14)8-7(9)11(2)6-10-8/h4,6H,1,5H2,2-3H3. The Balaban J connectivity index is 3.17. The van der Waals surface area contributed by atoms with Crippen molar-refractivity contribution in [2.24, 2.45) is 7.05 Å². The van der Waals surface area contributed by atoms with E-state index in [1.165, 1.54) is 24.0 Å². The third-order valence-electron chi connectivity index (χ3n) is 1.88. The van der Waals surface area contributed by atoms with Gasteiger partial charge in [0.05, 0.1) is 6.33 Å². The Morgan fingerprint density at radius 2 is 2.33 bits per heavy atom. The number of sulfonamides is 1. The second-order valence-corrected chi connectivity index (χ2v) is 5.34. The van der Waals surface area contributed by atoms with Gasteiger partial charge in [-0.1, -0.05) is 17.7 Å². The van der Waals surface area contributed by atoms with Crippen LogP contribution in [0.4, 0.5) is 0 Å². The summed E-state index contributed by atoms with van der Waals surface area (Å²) in [5, 5.41) is -0.0260. The Morgan fingerprint density at radius 3 is 2.73 bits per heavy atom. The highest BCUT2D eigenvalue weighted by atomic mass is 35.5. The molecule has 0 saturated carbocycles. The molecular formula is C8H12ClN3O2S. The Bertz CT molecular complexity index is 466. The molecule has 0 saturated heterocycles.